The topological polar surface area (TPSA) is 75.7 Å². The van der Waals surface area contributed by atoms with Gasteiger partial charge in [0.25, 0.3) is 0 Å². The van der Waals surface area contributed by atoms with E-state index in [4.69, 9.17) is 4.74 Å². The molecule has 0 N–H and O–H groups in total. The first-order chi connectivity index (χ1) is 10.5. The van der Waals surface area contributed by atoms with Crippen LogP contribution >= 0.6 is 0 Å². The number of hydrogen-bond donors (Lipinski definition) is 0. The fourth-order valence-corrected chi connectivity index (χ4v) is 2.28. The summed E-state index contributed by atoms with van der Waals surface area (Å²) in [6.07, 6.45) is 11.7. The van der Waals surface area contributed by atoms with Crippen molar-refractivity contribution >= 4 is 10.4 Å². The van der Waals surface area contributed by atoms with Gasteiger partial charge in [-0.05, 0) is 20.3 Å². The molecule has 0 saturated heterocycles. The van der Waals surface area contributed by atoms with Gasteiger partial charge in [0.2, 0.25) is 10.4 Å². The Morgan fingerprint density at radius 1 is 0.750 bits per heavy atom. The maximum atomic E-state index is 10.1. The third-order valence-electron chi connectivity index (χ3n) is 3.13. The van der Waals surface area contributed by atoms with Gasteiger partial charge in [-0.1, -0.05) is 64.7 Å². The quantitative estimate of drug-likeness (QED) is 0.158. The van der Waals surface area contributed by atoms with Crippen LogP contribution < -0.4 is 59.1 Å². The normalized spacial score (nSPS) is 10.2. The van der Waals surface area contributed by atoms with E-state index in [1.54, 1.807) is 0 Å². The monoisotopic (exact) mass is 386 g/mol. The summed E-state index contributed by atoms with van der Waals surface area (Å²) < 4.78 is 39.3. The Kier molecular flexibility index (Phi) is 37.7. The molecule has 0 heterocycles. The van der Waals surface area contributed by atoms with Gasteiger partial charge < -0.3 is 10.7 Å². The van der Waals surface area contributed by atoms with Crippen LogP contribution in [0.4, 0.5) is 0 Å². The van der Waals surface area contributed by atoms with Crippen LogP contribution in [0.3, 0.4) is 0 Å². The first kappa shape index (κ1) is 33.4. The van der Waals surface area contributed by atoms with Crippen molar-refractivity contribution < 1.29 is 82.4 Å². The van der Waals surface area contributed by atoms with Crippen LogP contribution in [0, 0.1) is 0 Å². The van der Waals surface area contributed by atoms with Crippen LogP contribution in [0.5, 0.6) is 0 Å². The van der Waals surface area contributed by atoms with Crippen molar-refractivity contribution in [3.05, 3.63) is 0 Å². The molecule has 0 aromatic heterocycles. The Labute approximate surface area is 196 Å². The molecule has 138 valence electrons. The Hall–Kier alpha value is 1.83. The molecule has 0 rings (SSSR count). The van der Waals surface area contributed by atoms with Crippen LogP contribution in [-0.2, 0) is 19.3 Å². The summed E-state index contributed by atoms with van der Waals surface area (Å²) in [5.74, 6) is 0. The molecule has 0 radical (unpaired) electrons. The maximum Gasteiger partial charge on any atom is 1.00 e. The molecule has 0 aromatic carbocycles. The first-order valence-corrected chi connectivity index (χ1v) is 9.99. The average Bonchev–Trinajstić information content (AvgIpc) is 2.45. The smallest absolute Gasteiger partial charge is 1.00 e. The summed E-state index contributed by atoms with van der Waals surface area (Å²) in [7, 11) is -4.48. The molecule has 0 spiro atoms. The van der Waals surface area contributed by atoms with Crippen molar-refractivity contribution in [2.24, 2.45) is 0 Å². The van der Waals surface area contributed by atoms with Gasteiger partial charge in [0.1, 0.15) is 0 Å². The van der Waals surface area contributed by atoms with E-state index in [1.807, 2.05) is 13.8 Å². The van der Waals surface area contributed by atoms with E-state index in [0.29, 0.717) is 6.42 Å². The van der Waals surface area contributed by atoms with Gasteiger partial charge >= 0.3 is 59.1 Å². The minimum atomic E-state index is -4.48. The van der Waals surface area contributed by atoms with Gasteiger partial charge in [-0.15, -0.1) is 0 Å². The van der Waals surface area contributed by atoms with Gasteiger partial charge in [-0.2, -0.15) is 0 Å². The molecule has 24 heavy (non-hydrogen) atoms. The summed E-state index contributed by atoms with van der Waals surface area (Å²) in [5, 5.41) is 0. The molecule has 0 saturated carbocycles. The Balaban J connectivity index is -0.000000147. The number of rotatable bonds is 14. The zero-order valence-electron chi connectivity index (χ0n) is 17.6. The molecule has 0 atom stereocenters. The minimum Gasteiger partial charge on any atom is -1.00 e. The molecule has 0 aromatic rings. The van der Waals surface area contributed by atoms with E-state index < -0.39 is 10.4 Å². The molecule has 0 aliphatic heterocycles. The second-order valence-corrected chi connectivity index (χ2v) is 6.25. The molecule has 0 unspecified atom stereocenters. The second kappa shape index (κ2) is 27.1. The van der Waals surface area contributed by atoms with Crippen LogP contribution in [0.15, 0.2) is 0 Å². The van der Waals surface area contributed by atoms with Gasteiger partial charge in [0.05, 0.1) is 6.61 Å². The van der Waals surface area contributed by atoms with Gasteiger partial charge in [0, 0.05) is 13.2 Å². The van der Waals surface area contributed by atoms with Crippen LogP contribution in [0.25, 0.3) is 0 Å². The molecule has 8 heteroatoms. The van der Waals surface area contributed by atoms with Crippen LogP contribution in [0.2, 0.25) is 0 Å². The maximum absolute atomic E-state index is 10.1. The third kappa shape index (κ3) is 39.1. The standard InChI is InChI=1S/C12H26O4S.C4H10O.2Na.H/c1-2-3-4-5-6-7-8-9-10-11-12-16-17(13,14)15;1-3-5-4-2;;;/h2-12H2,1H3,(H,13,14,15);3-4H2,1-2H3;;;/q;;2*+1;-1/p-1. The second-order valence-electron chi connectivity index (χ2n) is 5.19. The third-order valence-corrected chi connectivity index (χ3v) is 3.59. The van der Waals surface area contributed by atoms with Crippen LogP contribution in [0.1, 0.15) is 86.4 Å². The summed E-state index contributed by atoms with van der Waals surface area (Å²) in [5.41, 5.74) is 0. The Morgan fingerprint density at radius 2 is 1.12 bits per heavy atom. The summed E-state index contributed by atoms with van der Waals surface area (Å²) in [6, 6.07) is 0. The molecule has 0 amide bonds. The van der Waals surface area contributed by atoms with Gasteiger partial charge in [-0.25, -0.2) is 8.42 Å². The molecular formula is C16H36Na2O5S. The van der Waals surface area contributed by atoms with E-state index in [2.05, 4.69) is 11.1 Å². The van der Waals surface area contributed by atoms with Gasteiger partial charge in [0.15, 0.2) is 0 Å². The van der Waals surface area contributed by atoms with Crippen molar-refractivity contribution in [3.8, 4) is 0 Å². The van der Waals surface area contributed by atoms with E-state index in [9.17, 15) is 13.0 Å². The summed E-state index contributed by atoms with van der Waals surface area (Å²) in [4.78, 5) is 0. The van der Waals surface area contributed by atoms with Crippen molar-refractivity contribution in [3.63, 3.8) is 0 Å². The largest absolute Gasteiger partial charge is 1.00 e. The zero-order valence-corrected chi connectivity index (χ0v) is 21.5. The number of hydrogen-bond acceptors (Lipinski definition) is 5. The van der Waals surface area contributed by atoms with E-state index in [-0.39, 0.29) is 67.1 Å². The minimum absolute atomic E-state index is 0. The van der Waals surface area contributed by atoms with E-state index in [1.165, 1.54) is 44.9 Å². The zero-order chi connectivity index (χ0) is 17.1. The molecular weight excluding hydrogens is 350 g/mol. The van der Waals surface area contributed by atoms with E-state index >= 15 is 0 Å². The summed E-state index contributed by atoms with van der Waals surface area (Å²) in [6.45, 7) is 7.91. The first-order valence-electron chi connectivity index (χ1n) is 8.65. The molecule has 0 bridgehead atoms. The fourth-order valence-electron chi connectivity index (χ4n) is 1.95. The number of ether oxygens (including phenoxy) is 1. The Bertz CT molecular complexity index is 305. The number of unbranched alkanes of at least 4 members (excludes halogenated alkanes) is 9. The Morgan fingerprint density at radius 3 is 1.42 bits per heavy atom. The van der Waals surface area contributed by atoms with Gasteiger partial charge in [-0.3, -0.25) is 4.18 Å². The van der Waals surface area contributed by atoms with Crippen molar-refractivity contribution in [1.29, 1.82) is 0 Å². The van der Waals surface area contributed by atoms with Crippen LogP contribution in [-0.4, -0.2) is 32.8 Å². The predicted molar refractivity (Wildman–Crippen MR) is 90.8 cm³/mol. The molecule has 0 fully saturated rings. The average molecular weight is 387 g/mol. The molecule has 5 nitrogen and oxygen atoms in total. The van der Waals surface area contributed by atoms with Crippen molar-refractivity contribution in [2.75, 3.05) is 19.8 Å². The SMILES string of the molecule is CCCCCCCCCCCCOS(=O)(=O)[O-].CCOCC.[H-].[Na+].[Na+]. The summed E-state index contributed by atoms with van der Waals surface area (Å²) >= 11 is 0. The fraction of sp³-hybridized carbons (Fsp3) is 1.00. The predicted octanol–water partition coefficient (Wildman–Crippen LogP) is -1.45. The van der Waals surface area contributed by atoms with Crippen molar-refractivity contribution in [1.82, 2.24) is 0 Å². The molecule has 0 aliphatic rings. The van der Waals surface area contributed by atoms with Crippen molar-refractivity contribution in [2.45, 2.75) is 85.0 Å². The molecule has 0 aliphatic carbocycles. The van der Waals surface area contributed by atoms with E-state index in [0.717, 1.165) is 26.1 Å².